The number of carbonyl (C=O) groups excluding carboxylic acids is 1. The fourth-order valence-electron chi connectivity index (χ4n) is 2.81. The van der Waals surface area contributed by atoms with Crippen molar-refractivity contribution in [1.82, 2.24) is 4.98 Å². The third kappa shape index (κ3) is 3.19. The number of fused-ring (bicyclic) bond motifs is 1. The van der Waals surface area contributed by atoms with Crippen molar-refractivity contribution >= 4 is 34.4 Å². The van der Waals surface area contributed by atoms with Crippen molar-refractivity contribution in [2.75, 3.05) is 0 Å². The Balaban J connectivity index is 2.34. The van der Waals surface area contributed by atoms with Crippen LogP contribution in [0.5, 0.6) is 0 Å². The zero-order valence-corrected chi connectivity index (χ0v) is 14.6. The zero-order valence-electron chi connectivity index (χ0n) is 13.9. The van der Waals surface area contributed by atoms with Gasteiger partial charge in [0, 0.05) is 27.2 Å². The maximum Gasteiger partial charge on any atom is 0.280 e. The van der Waals surface area contributed by atoms with E-state index < -0.39 is 5.91 Å². The average molecular weight is 353 g/mol. The van der Waals surface area contributed by atoms with Gasteiger partial charge in [-0.1, -0.05) is 29.8 Å². The Morgan fingerprint density at radius 2 is 1.84 bits per heavy atom. The minimum atomic E-state index is -0.495. The van der Waals surface area contributed by atoms with Crippen LogP contribution in [0.1, 0.15) is 21.6 Å². The van der Waals surface area contributed by atoms with Gasteiger partial charge < -0.3 is 11.5 Å². The Kier molecular flexibility index (Phi) is 4.42. The van der Waals surface area contributed by atoms with Crippen LogP contribution in [0.25, 0.3) is 22.0 Å². The molecule has 0 aliphatic rings. The minimum absolute atomic E-state index is 0.269. The predicted molar refractivity (Wildman–Crippen MR) is 102 cm³/mol. The summed E-state index contributed by atoms with van der Waals surface area (Å²) < 4.78 is 0. The van der Waals surface area contributed by atoms with Crippen molar-refractivity contribution < 1.29 is 4.79 Å². The molecule has 3 rings (SSSR count). The topological polar surface area (TPSA) is 94.4 Å². The number of amides is 1. The summed E-state index contributed by atoms with van der Waals surface area (Å²) in [5.41, 5.74) is 15.5. The van der Waals surface area contributed by atoms with Crippen LogP contribution in [-0.2, 0) is 0 Å². The van der Waals surface area contributed by atoms with Crippen LogP contribution in [0, 0.1) is 13.8 Å². The Hall–Kier alpha value is -2.92. The van der Waals surface area contributed by atoms with E-state index in [9.17, 15) is 4.79 Å². The van der Waals surface area contributed by atoms with E-state index in [0.717, 1.165) is 33.3 Å². The number of guanidine groups is 1. The van der Waals surface area contributed by atoms with Crippen LogP contribution >= 0.6 is 11.6 Å². The Labute approximate surface area is 150 Å². The molecule has 0 saturated carbocycles. The highest BCUT2D eigenvalue weighted by Crippen LogP contribution is 2.36. The van der Waals surface area contributed by atoms with Crippen molar-refractivity contribution in [3.63, 3.8) is 0 Å². The number of carbonyl (C=O) groups is 1. The van der Waals surface area contributed by atoms with Gasteiger partial charge in [0.15, 0.2) is 5.96 Å². The molecule has 0 saturated heterocycles. The van der Waals surface area contributed by atoms with Crippen LogP contribution in [0.15, 0.2) is 47.5 Å². The fraction of sp³-hybridized carbons (Fsp3) is 0.105. The summed E-state index contributed by atoms with van der Waals surface area (Å²) in [4.78, 5) is 20.4. The minimum Gasteiger partial charge on any atom is -0.370 e. The summed E-state index contributed by atoms with van der Waals surface area (Å²) in [6.45, 7) is 3.94. The number of aromatic nitrogens is 1. The first-order valence-corrected chi connectivity index (χ1v) is 8.06. The van der Waals surface area contributed by atoms with Crippen molar-refractivity contribution in [2.24, 2.45) is 16.5 Å². The number of hydrogen-bond donors (Lipinski definition) is 2. The number of pyridine rings is 1. The van der Waals surface area contributed by atoms with E-state index in [4.69, 9.17) is 23.1 Å². The van der Waals surface area contributed by atoms with Gasteiger partial charge in [-0.15, -0.1) is 0 Å². The highest BCUT2D eigenvalue weighted by molar-refractivity contribution is 6.33. The second kappa shape index (κ2) is 6.53. The number of rotatable bonds is 2. The molecule has 4 N–H and O–H groups in total. The summed E-state index contributed by atoms with van der Waals surface area (Å²) >= 11 is 6.41. The standard InChI is InChI=1S/C19H17ClN4O/c1-10-11(2)23-16-8-7-12(18(25)24-19(21)22)9-14(16)17(10)13-5-3-4-6-15(13)20/h3-9H,1-2H3,(H4,21,22,24,25). The molecule has 6 heteroatoms. The van der Waals surface area contributed by atoms with E-state index in [-0.39, 0.29) is 5.96 Å². The number of nitrogens with zero attached hydrogens (tertiary/aromatic N) is 2. The molecule has 0 unspecified atom stereocenters. The first kappa shape index (κ1) is 16.9. The molecule has 25 heavy (non-hydrogen) atoms. The number of aryl methyl sites for hydroxylation is 1. The maximum atomic E-state index is 12.2. The molecule has 1 amide bonds. The van der Waals surface area contributed by atoms with E-state index in [1.807, 2.05) is 38.1 Å². The van der Waals surface area contributed by atoms with Gasteiger partial charge >= 0.3 is 0 Å². The molecule has 0 aliphatic heterocycles. The Bertz CT molecular complexity index is 1020. The molecule has 5 nitrogen and oxygen atoms in total. The highest BCUT2D eigenvalue weighted by Gasteiger charge is 2.15. The molecule has 0 spiro atoms. The molecule has 1 aromatic heterocycles. The molecule has 3 aromatic rings. The molecule has 1 heterocycles. The van der Waals surface area contributed by atoms with E-state index in [2.05, 4.69) is 9.98 Å². The van der Waals surface area contributed by atoms with Gasteiger partial charge in [-0.2, -0.15) is 4.99 Å². The van der Waals surface area contributed by atoms with Crippen molar-refractivity contribution in [1.29, 1.82) is 0 Å². The molecular formula is C19H17ClN4O. The number of hydrogen-bond acceptors (Lipinski definition) is 2. The molecule has 126 valence electrons. The third-order valence-electron chi connectivity index (χ3n) is 4.09. The van der Waals surface area contributed by atoms with Gasteiger partial charge in [-0.3, -0.25) is 9.78 Å². The van der Waals surface area contributed by atoms with Gasteiger partial charge in [-0.25, -0.2) is 0 Å². The quantitative estimate of drug-likeness (QED) is 0.544. The lowest BCUT2D eigenvalue weighted by atomic mass is 9.94. The third-order valence-corrected chi connectivity index (χ3v) is 4.42. The van der Waals surface area contributed by atoms with E-state index in [1.165, 1.54) is 0 Å². The van der Waals surface area contributed by atoms with Crippen LogP contribution in [0.3, 0.4) is 0 Å². The SMILES string of the molecule is Cc1nc2ccc(C(=O)N=C(N)N)cc2c(-c2ccccc2Cl)c1C. The van der Waals surface area contributed by atoms with Crippen molar-refractivity contribution in [2.45, 2.75) is 13.8 Å². The van der Waals surface area contributed by atoms with Gasteiger partial charge in [0.2, 0.25) is 0 Å². The molecule has 0 aliphatic carbocycles. The molecular weight excluding hydrogens is 336 g/mol. The summed E-state index contributed by atoms with van der Waals surface area (Å²) in [6, 6.07) is 12.8. The monoisotopic (exact) mass is 352 g/mol. The van der Waals surface area contributed by atoms with Gasteiger partial charge in [0.25, 0.3) is 5.91 Å². The van der Waals surface area contributed by atoms with Crippen LogP contribution < -0.4 is 11.5 Å². The lowest BCUT2D eigenvalue weighted by molar-refractivity contribution is 0.100. The van der Waals surface area contributed by atoms with Crippen LogP contribution in [-0.4, -0.2) is 16.9 Å². The number of halogens is 1. The lowest BCUT2D eigenvalue weighted by Crippen LogP contribution is -2.24. The maximum absolute atomic E-state index is 12.2. The summed E-state index contributed by atoms with van der Waals surface area (Å²) in [7, 11) is 0. The first-order valence-electron chi connectivity index (χ1n) is 7.68. The van der Waals surface area contributed by atoms with Crippen LogP contribution in [0.2, 0.25) is 5.02 Å². The van der Waals surface area contributed by atoms with Crippen LogP contribution in [0.4, 0.5) is 0 Å². The second-order valence-corrected chi connectivity index (χ2v) is 6.16. The number of nitrogens with two attached hydrogens (primary N) is 2. The molecule has 0 atom stereocenters. The molecule has 2 aromatic carbocycles. The normalized spacial score (nSPS) is 10.7. The zero-order chi connectivity index (χ0) is 18.1. The van der Waals surface area contributed by atoms with E-state index in [0.29, 0.717) is 10.6 Å². The average Bonchev–Trinajstić information content (AvgIpc) is 2.56. The summed E-state index contributed by atoms with van der Waals surface area (Å²) in [5, 5.41) is 1.46. The highest BCUT2D eigenvalue weighted by atomic mass is 35.5. The lowest BCUT2D eigenvalue weighted by Gasteiger charge is -2.14. The summed E-state index contributed by atoms with van der Waals surface area (Å²) in [5.74, 6) is -0.764. The van der Waals surface area contributed by atoms with Gasteiger partial charge in [0.1, 0.15) is 0 Å². The first-order chi connectivity index (χ1) is 11.9. The number of benzene rings is 2. The second-order valence-electron chi connectivity index (χ2n) is 5.75. The fourth-order valence-corrected chi connectivity index (χ4v) is 3.04. The Morgan fingerprint density at radius 1 is 1.12 bits per heavy atom. The van der Waals surface area contributed by atoms with E-state index >= 15 is 0 Å². The van der Waals surface area contributed by atoms with E-state index in [1.54, 1.807) is 18.2 Å². The smallest absolute Gasteiger partial charge is 0.280 e. The summed E-state index contributed by atoms with van der Waals surface area (Å²) in [6.07, 6.45) is 0. The number of aliphatic imine (C=N–C) groups is 1. The molecule has 0 bridgehead atoms. The largest absolute Gasteiger partial charge is 0.370 e. The van der Waals surface area contributed by atoms with Gasteiger partial charge in [-0.05, 0) is 49.2 Å². The van der Waals surface area contributed by atoms with Crippen molar-refractivity contribution in [3.8, 4) is 11.1 Å². The molecule has 0 radical (unpaired) electrons. The van der Waals surface area contributed by atoms with Crippen molar-refractivity contribution in [3.05, 3.63) is 64.3 Å². The molecule has 0 fully saturated rings. The van der Waals surface area contributed by atoms with Gasteiger partial charge in [0.05, 0.1) is 5.52 Å². The predicted octanol–water partition coefficient (Wildman–Crippen LogP) is 3.59. The Morgan fingerprint density at radius 3 is 2.52 bits per heavy atom.